The fourth-order valence-corrected chi connectivity index (χ4v) is 2.64. The topological polar surface area (TPSA) is 65.4 Å². The fourth-order valence-electron chi connectivity index (χ4n) is 2.64. The Bertz CT molecular complexity index is 873. The third kappa shape index (κ3) is 3.33. The van der Waals surface area contributed by atoms with Crippen LogP contribution >= 0.6 is 0 Å². The van der Waals surface area contributed by atoms with E-state index in [1.807, 2.05) is 35.0 Å². The van der Waals surface area contributed by atoms with Crippen molar-refractivity contribution >= 4 is 11.6 Å². The van der Waals surface area contributed by atoms with Crippen LogP contribution in [-0.2, 0) is 0 Å². The smallest absolute Gasteiger partial charge is 0.255 e. The molecule has 1 N–H and O–H groups in total. The predicted octanol–water partition coefficient (Wildman–Crippen LogP) is 3.29. The molecule has 0 radical (unpaired) electrons. The SMILES string of the molecule is O=C(Nc1ccc2c(c1)OCCCO2)c1ccc(-n2ccnc2)cc1. The number of fused-ring (bicyclic) bond motifs is 1. The Morgan fingerprint density at radius 2 is 1.84 bits per heavy atom. The van der Waals surface area contributed by atoms with E-state index in [-0.39, 0.29) is 5.91 Å². The summed E-state index contributed by atoms with van der Waals surface area (Å²) < 4.78 is 13.1. The molecule has 25 heavy (non-hydrogen) atoms. The lowest BCUT2D eigenvalue weighted by Gasteiger charge is -2.11. The molecule has 0 fully saturated rings. The summed E-state index contributed by atoms with van der Waals surface area (Å²) in [7, 11) is 0. The third-order valence-corrected chi connectivity index (χ3v) is 3.94. The van der Waals surface area contributed by atoms with Gasteiger partial charge in [0.1, 0.15) is 0 Å². The number of imidazole rings is 1. The lowest BCUT2D eigenvalue weighted by molar-refractivity contribution is 0.102. The summed E-state index contributed by atoms with van der Waals surface area (Å²) in [5, 5.41) is 2.89. The molecular formula is C19H17N3O3. The molecule has 2 aromatic carbocycles. The van der Waals surface area contributed by atoms with Gasteiger partial charge in [0.15, 0.2) is 11.5 Å². The summed E-state index contributed by atoms with van der Waals surface area (Å²) >= 11 is 0. The first-order valence-electron chi connectivity index (χ1n) is 8.09. The molecule has 0 saturated carbocycles. The maximum Gasteiger partial charge on any atom is 0.255 e. The van der Waals surface area contributed by atoms with Crippen molar-refractivity contribution in [1.29, 1.82) is 0 Å². The quantitative estimate of drug-likeness (QED) is 0.798. The Kier molecular flexibility index (Phi) is 4.08. The van der Waals surface area contributed by atoms with Crippen molar-refractivity contribution in [2.24, 2.45) is 0 Å². The second-order valence-electron chi connectivity index (χ2n) is 5.68. The highest BCUT2D eigenvalue weighted by Crippen LogP contribution is 2.32. The molecule has 6 nitrogen and oxygen atoms in total. The number of rotatable bonds is 3. The Hall–Kier alpha value is -3.28. The number of nitrogens with zero attached hydrogens (tertiary/aromatic N) is 2. The third-order valence-electron chi connectivity index (χ3n) is 3.94. The van der Waals surface area contributed by atoms with E-state index in [4.69, 9.17) is 9.47 Å². The molecule has 0 aliphatic carbocycles. The van der Waals surface area contributed by atoms with E-state index in [1.54, 1.807) is 30.7 Å². The van der Waals surface area contributed by atoms with Crippen LogP contribution in [0.2, 0.25) is 0 Å². The zero-order valence-corrected chi connectivity index (χ0v) is 13.5. The normalized spacial score (nSPS) is 13.1. The van der Waals surface area contributed by atoms with Crippen molar-refractivity contribution in [1.82, 2.24) is 9.55 Å². The van der Waals surface area contributed by atoms with Crippen LogP contribution in [0.1, 0.15) is 16.8 Å². The van der Waals surface area contributed by atoms with Gasteiger partial charge in [0, 0.05) is 41.8 Å². The zero-order chi connectivity index (χ0) is 17.1. The largest absolute Gasteiger partial charge is 0.490 e. The van der Waals surface area contributed by atoms with Crippen molar-refractivity contribution in [3.8, 4) is 17.2 Å². The molecule has 0 atom stereocenters. The first kappa shape index (κ1) is 15.3. The molecule has 0 bridgehead atoms. The molecule has 2 heterocycles. The highest BCUT2D eigenvalue weighted by molar-refractivity contribution is 6.04. The van der Waals surface area contributed by atoms with Crippen LogP contribution in [0, 0.1) is 0 Å². The van der Waals surface area contributed by atoms with Crippen LogP contribution in [0.3, 0.4) is 0 Å². The minimum atomic E-state index is -0.174. The van der Waals surface area contributed by atoms with E-state index < -0.39 is 0 Å². The number of hydrogen-bond donors (Lipinski definition) is 1. The van der Waals surface area contributed by atoms with E-state index in [9.17, 15) is 4.79 Å². The molecule has 4 rings (SSSR count). The van der Waals surface area contributed by atoms with Gasteiger partial charge in [-0.25, -0.2) is 4.98 Å². The second-order valence-corrected chi connectivity index (χ2v) is 5.68. The van der Waals surface area contributed by atoms with Crippen molar-refractivity contribution in [2.75, 3.05) is 18.5 Å². The monoisotopic (exact) mass is 335 g/mol. The van der Waals surface area contributed by atoms with Crippen LogP contribution in [0.25, 0.3) is 5.69 Å². The Morgan fingerprint density at radius 3 is 2.60 bits per heavy atom. The lowest BCUT2D eigenvalue weighted by Crippen LogP contribution is -2.12. The van der Waals surface area contributed by atoms with E-state index in [0.717, 1.165) is 12.1 Å². The van der Waals surface area contributed by atoms with Crippen LogP contribution in [-0.4, -0.2) is 28.7 Å². The average molecular weight is 335 g/mol. The van der Waals surface area contributed by atoms with Crippen molar-refractivity contribution in [2.45, 2.75) is 6.42 Å². The van der Waals surface area contributed by atoms with E-state index in [2.05, 4.69) is 10.3 Å². The van der Waals surface area contributed by atoms with Crippen LogP contribution < -0.4 is 14.8 Å². The number of benzene rings is 2. The van der Waals surface area contributed by atoms with Gasteiger partial charge in [-0.3, -0.25) is 4.79 Å². The average Bonchev–Trinajstić information content (AvgIpc) is 3.08. The van der Waals surface area contributed by atoms with E-state index in [0.29, 0.717) is 36.0 Å². The number of aromatic nitrogens is 2. The maximum atomic E-state index is 12.4. The van der Waals surface area contributed by atoms with Gasteiger partial charge in [0.2, 0.25) is 0 Å². The number of nitrogens with one attached hydrogen (secondary N) is 1. The summed E-state index contributed by atoms with van der Waals surface area (Å²) in [6.45, 7) is 1.25. The van der Waals surface area contributed by atoms with Gasteiger partial charge in [0.25, 0.3) is 5.91 Å². The van der Waals surface area contributed by atoms with E-state index in [1.165, 1.54) is 0 Å². The summed E-state index contributed by atoms with van der Waals surface area (Å²) in [5.41, 5.74) is 2.20. The molecular weight excluding hydrogens is 318 g/mol. The summed E-state index contributed by atoms with van der Waals surface area (Å²) in [6.07, 6.45) is 6.13. The number of anilines is 1. The van der Waals surface area contributed by atoms with Crippen molar-refractivity contribution < 1.29 is 14.3 Å². The predicted molar refractivity (Wildman–Crippen MR) is 93.6 cm³/mol. The molecule has 6 heteroatoms. The van der Waals surface area contributed by atoms with Gasteiger partial charge < -0.3 is 19.4 Å². The molecule has 0 saturated heterocycles. The van der Waals surface area contributed by atoms with Crippen molar-refractivity contribution in [3.05, 3.63) is 66.7 Å². The van der Waals surface area contributed by atoms with Crippen LogP contribution in [0.5, 0.6) is 11.5 Å². The highest BCUT2D eigenvalue weighted by atomic mass is 16.5. The molecule has 3 aromatic rings. The number of amides is 1. The van der Waals surface area contributed by atoms with Crippen LogP contribution in [0.4, 0.5) is 5.69 Å². The highest BCUT2D eigenvalue weighted by Gasteiger charge is 2.12. The van der Waals surface area contributed by atoms with Gasteiger partial charge in [-0.2, -0.15) is 0 Å². The minimum absolute atomic E-state index is 0.174. The molecule has 1 aliphatic heterocycles. The molecule has 1 aromatic heterocycles. The first-order valence-corrected chi connectivity index (χ1v) is 8.09. The van der Waals surface area contributed by atoms with Crippen LogP contribution in [0.15, 0.2) is 61.2 Å². The lowest BCUT2D eigenvalue weighted by atomic mass is 10.2. The number of carbonyl (C=O) groups is 1. The standard InChI is InChI=1S/C19H17N3O3/c23-19(14-2-5-16(6-3-14)22-9-8-20-13-22)21-15-4-7-17-18(12-15)25-11-1-10-24-17/h2-9,12-13H,1,10-11H2,(H,21,23). The molecule has 0 spiro atoms. The molecule has 1 aliphatic rings. The second kappa shape index (κ2) is 6.68. The Labute approximate surface area is 145 Å². The van der Waals surface area contributed by atoms with Gasteiger partial charge in [-0.15, -0.1) is 0 Å². The van der Waals surface area contributed by atoms with Gasteiger partial charge in [-0.1, -0.05) is 0 Å². The number of carbonyl (C=O) groups excluding carboxylic acids is 1. The first-order chi connectivity index (χ1) is 12.3. The summed E-state index contributed by atoms with van der Waals surface area (Å²) in [5.74, 6) is 1.19. The Balaban J connectivity index is 1.49. The number of hydrogen-bond acceptors (Lipinski definition) is 4. The molecule has 126 valence electrons. The number of ether oxygens (including phenoxy) is 2. The molecule has 0 unspecified atom stereocenters. The van der Waals surface area contributed by atoms with Crippen molar-refractivity contribution in [3.63, 3.8) is 0 Å². The maximum absolute atomic E-state index is 12.4. The molecule has 1 amide bonds. The Morgan fingerprint density at radius 1 is 1.04 bits per heavy atom. The van der Waals surface area contributed by atoms with Gasteiger partial charge in [0.05, 0.1) is 19.5 Å². The fraction of sp³-hybridized carbons (Fsp3) is 0.158. The zero-order valence-electron chi connectivity index (χ0n) is 13.5. The summed E-state index contributed by atoms with van der Waals surface area (Å²) in [6, 6.07) is 12.7. The minimum Gasteiger partial charge on any atom is -0.490 e. The summed E-state index contributed by atoms with van der Waals surface area (Å²) in [4.78, 5) is 16.5. The van der Waals surface area contributed by atoms with E-state index >= 15 is 0 Å². The van der Waals surface area contributed by atoms with Gasteiger partial charge >= 0.3 is 0 Å². The van der Waals surface area contributed by atoms with Gasteiger partial charge in [-0.05, 0) is 36.4 Å².